The topological polar surface area (TPSA) is 15.3 Å². The first kappa shape index (κ1) is 16.4. The minimum absolute atomic E-state index is 0.197. The van der Waals surface area contributed by atoms with Crippen LogP contribution in [-0.4, -0.2) is 26.2 Å². The van der Waals surface area contributed by atoms with Crippen molar-refractivity contribution in [3.05, 3.63) is 29.3 Å². The second-order valence-electron chi connectivity index (χ2n) is 7.99. The van der Waals surface area contributed by atoms with Crippen molar-refractivity contribution >= 4 is 5.69 Å². The minimum atomic E-state index is 0.197. The molecule has 1 saturated heterocycles. The Kier molecular flexibility index (Phi) is 4.67. The van der Waals surface area contributed by atoms with E-state index in [0.29, 0.717) is 0 Å². The number of anilines is 1. The van der Waals surface area contributed by atoms with Crippen molar-refractivity contribution in [2.75, 3.05) is 31.1 Å². The molecule has 0 atom stereocenters. The molecule has 1 aliphatic heterocycles. The molecule has 0 aliphatic carbocycles. The molecule has 0 saturated carbocycles. The van der Waals surface area contributed by atoms with E-state index in [2.05, 4.69) is 70.0 Å². The number of nitrogens with zero attached hydrogens (tertiary/aromatic N) is 1. The van der Waals surface area contributed by atoms with E-state index in [4.69, 9.17) is 0 Å². The third kappa shape index (κ3) is 3.79. The summed E-state index contributed by atoms with van der Waals surface area (Å²) in [6, 6.07) is 7.25. The van der Waals surface area contributed by atoms with Gasteiger partial charge in [-0.3, -0.25) is 0 Å². The van der Waals surface area contributed by atoms with Gasteiger partial charge in [-0.15, -0.1) is 0 Å². The van der Waals surface area contributed by atoms with Crippen molar-refractivity contribution in [2.24, 2.45) is 0 Å². The molecule has 1 heterocycles. The van der Waals surface area contributed by atoms with Crippen LogP contribution in [-0.2, 0) is 10.8 Å². The van der Waals surface area contributed by atoms with Gasteiger partial charge in [-0.05, 0) is 40.5 Å². The van der Waals surface area contributed by atoms with Crippen molar-refractivity contribution < 1.29 is 0 Å². The highest BCUT2D eigenvalue weighted by atomic mass is 15.2. The molecule has 0 bridgehead atoms. The first-order chi connectivity index (χ1) is 9.74. The molecule has 0 radical (unpaired) electrons. The Bertz CT molecular complexity index is 477. The summed E-state index contributed by atoms with van der Waals surface area (Å²) >= 11 is 0. The summed E-state index contributed by atoms with van der Waals surface area (Å²) in [5.74, 6) is 0. The van der Waals surface area contributed by atoms with Crippen LogP contribution in [0.15, 0.2) is 18.2 Å². The van der Waals surface area contributed by atoms with Gasteiger partial charge in [0.2, 0.25) is 0 Å². The molecule has 0 amide bonds. The standard InChI is InChI=1S/C19H32N2/c1-7-19(5,6)16-12-15(18(2,3)4)13-17(14-16)21-10-8-20-9-11-21/h12-14,20H,7-11H2,1-6H3. The lowest BCUT2D eigenvalue weighted by molar-refractivity contribution is 0.501. The van der Waals surface area contributed by atoms with E-state index >= 15 is 0 Å². The van der Waals surface area contributed by atoms with E-state index in [1.165, 1.54) is 23.2 Å². The van der Waals surface area contributed by atoms with Crippen LogP contribution in [0.1, 0.15) is 59.1 Å². The first-order valence-corrected chi connectivity index (χ1v) is 8.36. The number of hydrogen-bond donors (Lipinski definition) is 1. The Morgan fingerprint density at radius 3 is 2.05 bits per heavy atom. The molecule has 1 aliphatic rings. The van der Waals surface area contributed by atoms with Gasteiger partial charge in [0.25, 0.3) is 0 Å². The van der Waals surface area contributed by atoms with Crippen LogP contribution in [0.25, 0.3) is 0 Å². The maximum Gasteiger partial charge on any atom is 0.0373 e. The molecule has 2 nitrogen and oxygen atoms in total. The molecule has 0 unspecified atom stereocenters. The molecule has 0 aromatic heterocycles. The normalized spacial score (nSPS) is 17.1. The van der Waals surface area contributed by atoms with Gasteiger partial charge in [0, 0.05) is 31.9 Å². The van der Waals surface area contributed by atoms with Gasteiger partial charge in [-0.25, -0.2) is 0 Å². The summed E-state index contributed by atoms with van der Waals surface area (Å²) in [6.07, 6.45) is 1.17. The van der Waals surface area contributed by atoms with E-state index in [1.807, 2.05) is 0 Å². The van der Waals surface area contributed by atoms with E-state index in [0.717, 1.165) is 26.2 Å². The van der Waals surface area contributed by atoms with Gasteiger partial charge in [-0.2, -0.15) is 0 Å². The van der Waals surface area contributed by atoms with E-state index in [-0.39, 0.29) is 10.8 Å². The van der Waals surface area contributed by atoms with Crippen LogP contribution in [0.2, 0.25) is 0 Å². The molecule has 1 aromatic carbocycles. The summed E-state index contributed by atoms with van der Waals surface area (Å²) in [4.78, 5) is 2.53. The van der Waals surface area contributed by atoms with Gasteiger partial charge in [0.1, 0.15) is 0 Å². The van der Waals surface area contributed by atoms with E-state index in [1.54, 1.807) is 0 Å². The zero-order chi connectivity index (χ0) is 15.7. The summed E-state index contributed by atoms with van der Waals surface area (Å²) in [5, 5.41) is 3.44. The van der Waals surface area contributed by atoms with Crippen molar-refractivity contribution in [1.82, 2.24) is 5.32 Å². The van der Waals surface area contributed by atoms with E-state index < -0.39 is 0 Å². The summed E-state index contributed by atoms with van der Waals surface area (Å²) in [7, 11) is 0. The largest absolute Gasteiger partial charge is 0.369 e. The van der Waals surface area contributed by atoms with Crippen molar-refractivity contribution in [3.63, 3.8) is 0 Å². The molecule has 2 rings (SSSR count). The third-order valence-corrected chi connectivity index (χ3v) is 4.93. The number of rotatable bonds is 3. The first-order valence-electron chi connectivity index (χ1n) is 8.36. The number of nitrogens with one attached hydrogen (secondary N) is 1. The highest BCUT2D eigenvalue weighted by Crippen LogP contribution is 2.35. The van der Waals surface area contributed by atoms with Crippen LogP contribution >= 0.6 is 0 Å². The average molecular weight is 288 g/mol. The molecule has 21 heavy (non-hydrogen) atoms. The molecule has 1 fully saturated rings. The smallest absolute Gasteiger partial charge is 0.0373 e. The minimum Gasteiger partial charge on any atom is -0.369 e. The molecular weight excluding hydrogens is 256 g/mol. The maximum absolute atomic E-state index is 3.44. The van der Waals surface area contributed by atoms with Gasteiger partial charge in [0.05, 0.1) is 0 Å². The summed E-state index contributed by atoms with van der Waals surface area (Å²) < 4.78 is 0. The lowest BCUT2D eigenvalue weighted by atomic mass is 9.78. The third-order valence-electron chi connectivity index (χ3n) is 4.93. The molecule has 2 heteroatoms. The zero-order valence-electron chi connectivity index (χ0n) is 14.7. The van der Waals surface area contributed by atoms with Gasteiger partial charge in [0.15, 0.2) is 0 Å². The van der Waals surface area contributed by atoms with E-state index in [9.17, 15) is 0 Å². The summed E-state index contributed by atoms with van der Waals surface area (Å²) in [5.41, 5.74) is 4.77. The fraction of sp³-hybridized carbons (Fsp3) is 0.684. The molecule has 1 aromatic rings. The molecule has 0 spiro atoms. The Hall–Kier alpha value is -1.02. The Morgan fingerprint density at radius 2 is 1.52 bits per heavy atom. The Balaban J connectivity index is 2.46. The molecular formula is C19H32N2. The SMILES string of the molecule is CCC(C)(C)c1cc(N2CCNCC2)cc(C(C)(C)C)c1. The zero-order valence-corrected chi connectivity index (χ0v) is 14.7. The predicted octanol–water partition coefficient (Wildman–Crippen LogP) is 4.08. The van der Waals surface area contributed by atoms with Crippen LogP contribution in [0.4, 0.5) is 5.69 Å². The predicted molar refractivity (Wildman–Crippen MR) is 93.5 cm³/mol. The fourth-order valence-corrected chi connectivity index (χ4v) is 2.74. The molecule has 1 N–H and O–H groups in total. The lowest BCUT2D eigenvalue weighted by Gasteiger charge is -2.34. The van der Waals surface area contributed by atoms with Crippen LogP contribution < -0.4 is 10.2 Å². The monoisotopic (exact) mass is 288 g/mol. The van der Waals surface area contributed by atoms with Gasteiger partial charge in [-0.1, -0.05) is 47.6 Å². The quantitative estimate of drug-likeness (QED) is 0.901. The number of benzene rings is 1. The highest BCUT2D eigenvalue weighted by Gasteiger charge is 2.24. The highest BCUT2D eigenvalue weighted by molar-refractivity contribution is 5.54. The Morgan fingerprint density at radius 1 is 0.952 bits per heavy atom. The van der Waals surface area contributed by atoms with Crippen LogP contribution in [0.5, 0.6) is 0 Å². The lowest BCUT2D eigenvalue weighted by Crippen LogP contribution is -2.43. The Labute approximate surface area is 130 Å². The van der Waals surface area contributed by atoms with Gasteiger partial charge < -0.3 is 10.2 Å². The summed E-state index contributed by atoms with van der Waals surface area (Å²) in [6.45, 7) is 18.3. The van der Waals surface area contributed by atoms with Crippen molar-refractivity contribution in [2.45, 2.75) is 58.8 Å². The van der Waals surface area contributed by atoms with Gasteiger partial charge >= 0.3 is 0 Å². The van der Waals surface area contributed by atoms with Crippen LogP contribution in [0.3, 0.4) is 0 Å². The van der Waals surface area contributed by atoms with Crippen molar-refractivity contribution in [1.29, 1.82) is 0 Å². The maximum atomic E-state index is 3.44. The fourth-order valence-electron chi connectivity index (χ4n) is 2.74. The number of piperazine rings is 1. The molecule has 118 valence electrons. The van der Waals surface area contributed by atoms with Crippen molar-refractivity contribution in [3.8, 4) is 0 Å². The second kappa shape index (κ2) is 6.00. The average Bonchev–Trinajstić information content (AvgIpc) is 2.47. The number of hydrogen-bond acceptors (Lipinski definition) is 2. The van der Waals surface area contributed by atoms with Crippen LogP contribution in [0, 0.1) is 0 Å². The second-order valence-corrected chi connectivity index (χ2v) is 7.99.